The summed E-state index contributed by atoms with van der Waals surface area (Å²) in [6.07, 6.45) is -0.175. The van der Waals surface area contributed by atoms with Crippen LogP contribution in [-0.4, -0.2) is 35.4 Å². The molecule has 1 unspecified atom stereocenters. The molecule has 1 aliphatic heterocycles. The van der Waals surface area contributed by atoms with E-state index in [0.717, 1.165) is 0 Å². The monoisotopic (exact) mass is 393 g/mol. The van der Waals surface area contributed by atoms with Gasteiger partial charge in [0.05, 0.1) is 31.6 Å². The summed E-state index contributed by atoms with van der Waals surface area (Å²) in [5, 5.41) is 0. The fraction of sp³-hybridized carbons (Fsp3) is 0.278. The van der Waals surface area contributed by atoms with Crippen LogP contribution in [0, 0.1) is 0 Å². The number of benzene rings is 2. The Hall–Kier alpha value is -2.78. The highest BCUT2D eigenvalue weighted by Crippen LogP contribution is 2.35. The van der Waals surface area contributed by atoms with Crippen LogP contribution in [0.2, 0.25) is 0 Å². The zero-order valence-electron chi connectivity index (χ0n) is 14.8. The molecule has 0 saturated carbocycles. The maximum Gasteiger partial charge on any atom is 0.307 e. The molecule has 0 radical (unpaired) electrons. The molecule has 1 heterocycles. The number of esters is 1. The molecule has 3 rings (SSSR count). The lowest BCUT2D eigenvalue weighted by molar-refractivity contribution is -0.141. The molecule has 0 aromatic heterocycles. The van der Waals surface area contributed by atoms with Crippen molar-refractivity contribution in [2.24, 2.45) is 0 Å². The second-order valence-corrected chi connectivity index (χ2v) is 7.46. The van der Waals surface area contributed by atoms with Crippen LogP contribution in [0.3, 0.4) is 0 Å². The molecule has 8 nitrogen and oxygen atoms in total. The average Bonchev–Trinajstić information content (AvgIpc) is 3.15. The van der Waals surface area contributed by atoms with Crippen molar-refractivity contribution in [3.05, 3.63) is 48.0 Å². The quantitative estimate of drug-likeness (QED) is 0.718. The van der Waals surface area contributed by atoms with Crippen LogP contribution in [0.4, 0.5) is 0 Å². The molecule has 2 aromatic rings. The number of hydrogen-bond acceptors (Lipinski definition) is 7. The lowest BCUT2D eigenvalue weighted by atomic mass is 10.0. The standard InChI is InChI=1S/C18H19NO7S/c1-23-13-4-6-14(7-5-13)27(21,22)19-15(10-18(20)24-2)12-3-8-16-17(9-12)26-11-25-16/h3-9,15,19H,10-11H2,1-2H3. The fourth-order valence-corrected chi connectivity index (χ4v) is 3.84. The van der Waals surface area contributed by atoms with E-state index in [2.05, 4.69) is 4.72 Å². The van der Waals surface area contributed by atoms with Gasteiger partial charge in [0.25, 0.3) is 0 Å². The lowest BCUT2D eigenvalue weighted by Gasteiger charge is -2.19. The van der Waals surface area contributed by atoms with Gasteiger partial charge in [-0.05, 0) is 42.0 Å². The molecule has 0 aliphatic carbocycles. The summed E-state index contributed by atoms with van der Waals surface area (Å²) in [7, 11) is -1.15. The van der Waals surface area contributed by atoms with E-state index in [1.54, 1.807) is 30.3 Å². The van der Waals surface area contributed by atoms with Gasteiger partial charge in [-0.25, -0.2) is 13.1 Å². The molecule has 0 saturated heterocycles. The second-order valence-electron chi connectivity index (χ2n) is 5.74. The minimum Gasteiger partial charge on any atom is -0.497 e. The summed E-state index contributed by atoms with van der Waals surface area (Å²) in [6, 6.07) is 10.1. The van der Waals surface area contributed by atoms with E-state index >= 15 is 0 Å². The number of methoxy groups -OCH3 is 2. The van der Waals surface area contributed by atoms with Crippen LogP contribution in [-0.2, 0) is 19.6 Å². The molecule has 9 heteroatoms. The molecule has 0 bridgehead atoms. The van der Waals surface area contributed by atoms with E-state index in [1.807, 2.05) is 0 Å². The fourth-order valence-electron chi connectivity index (χ4n) is 2.62. The van der Waals surface area contributed by atoms with Crippen molar-refractivity contribution >= 4 is 16.0 Å². The van der Waals surface area contributed by atoms with Gasteiger partial charge in [-0.15, -0.1) is 0 Å². The van der Waals surface area contributed by atoms with Gasteiger partial charge in [0, 0.05) is 0 Å². The van der Waals surface area contributed by atoms with Crippen LogP contribution in [0.1, 0.15) is 18.0 Å². The van der Waals surface area contributed by atoms with E-state index in [-0.39, 0.29) is 18.1 Å². The van der Waals surface area contributed by atoms with Crippen LogP contribution in [0.25, 0.3) is 0 Å². The van der Waals surface area contributed by atoms with Gasteiger partial charge < -0.3 is 18.9 Å². The Balaban J connectivity index is 1.89. The van der Waals surface area contributed by atoms with Crippen molar-refractivity contribution in [3.63, 3.8) is 0 Å². The number of ether oxygens (including phenoxy) is 4. The highest BCUT2D eigenvalue weighted by Gasteiger charge is 2.26. The number of hydrogen-bond donors (Lipinski definition) is 1. The predicted molar refractivity (Wildman–Crippen MR) is 95.3 cm³/mol. The minimum absolute atomic E-state index is 0.0545. The van der Waals surface area contributed by atoms with Crippen molar-refractivity contribution in [2.45, 2.75) is 17.4 Å². The summed E-state index contributed by atoms with van der Waals surface area (Å²) in [5.74, 6) is 1.05. The molecule has 0 fully saturated rings. The van der Waals surface area contributed by atoms with Crippen LogP contribution in [0.15, 0.2) is 47.4 Å². The van der Waals surface area contributed by atoms with Gasteiger partial charge in [-0.2, -0.15) is 0 Å². The summed E-state index contributed by atoms with van der Waals surface area (Å²) < 4.78 is 48.4. The zero-order valence-corrected chi connectivity index (χ0v) is 15.6. The van der Waals surface area contributed by atoms with E-state index < -0.39 is 22.0 Å². The van der Waals surface area contributed by atoms with Gasteiger partial charge in [0.15, 0.2) is 11.5 Å². The molecule has 1 atom stereocenters. The van der Waals surface area contributed by atoms with Crippen molar-refractivity contribution < 1.29 is 32.2 Å². The Labute approximate surface area is 157 Å². The third-order valence-electron chi connectivity index (χ3n) is 4.06. The van der Waals surface area contributed by atoms with Gasteiger partial charge in [-0.1, -0.05) is 6.07 Å². The van der Waals surface area contributed by atoms with E-state index in [9.17, 15) is 13.2 Å². The topological polar surface area (TPSA) is 100 Å². The molecule has 2 aromatic carbocycles. The molecular formula is C18H19NO7S. The maximum absolute atomic E-state index is 12.8. The normalized spacial score (nSPS) is 13.9. The summed E-state index contributed by atoms with van der Waals surface area (Å²) in [4.78, 5) is 11.9. The summed E-state index contributed by atoms with van der Waals surface area (Å²) in [6.45, 7) is 0.0953. The summed E-state index contributed by atoms with van der Waals surface area (Å²) in [5.41, 5.74) is 0.557. The Morgan fingerprint density at radius 1 is 1.11 bits per heavy atom. The lowest BCUT2D eigenvalue weighted by Crippen LogP contribution is -2.30. The Bertz CT molecular complexity index is 925. The van der Waals surface area contributed by atoms with Crippen LogP contribution < -0.4 is 18.9 Å². The SMILES string of the molecule is COC(=O)CC(NS(=O)(=O)c1ccc(OC)cc1)c1ccc2c(c1)OCO2. The van der Waals surface area contributed by atoms with Crippen molar-refractivity contribution in [1.82, 2.24) is 4.72 Å². The number of carbonyl (C=O) groups excluding carboxylic acids is 1. The van der Waals surface area contributed by atoms with Crippen molar-refractivity contribution in [2.75, 3.05) is 21.0 Å². The first-order valence-corrected chi connectivity index (χ1v) is 9.54. The molecule has 0 spiro atoms. The molecule has 1 N–H and O–H groups in total. The molecule has 0 amide bonds. The first-order valence-electron chi connectivity index (χ1n) is 8.05. The first kappa shape index (κ1) is 19.0. The Morgan fingerprint density at radius 2 is 1.81 bits per heavy atom. The average molecular weight is 393 g/mol. The Kier molecular flexibility index (Phi) is 5.52. The van der Waals surface area contributed by atoms with Gasteiger partial charge in [0.1, 0.15) is 5.75 Å². The van der Waals surface area contributed by atoms with Gasteiger partial charge in [-0.3, -0.25) is 4.79 Å². The number of fused-ring (bicyclic) bond motifs is 1. The van der Waals surface area contributed by atoms with Gasteiger partial charge >= 0.3 is 5.97 Å². The first-order chi connectivity index (χ1) is 12.9. The molecule has 27 heavy (non-hydrogen) atoms. The zero-order chi connectivity index (χ0) is 19.4. The molecule has 144 valence electrons. The summed E-state index contributed by atoms with van der Waals surface area (Å²) >= 11 is 0. The molecular weight excluding hydrogens is 374 g/mol. The minimum atomic E-state index is -3.89. The number of sulfonamides is 1. The second kappa shape index (κ2) is 7.85. The number of carbonyl (C=O) groups is 1. The van der Waals surface area contributed by atoms with Crippen LogP contribution in [0.5, 0.6) is 17.2 Å². The highest BCUT2D eigenvalue weighted by molar-refractivity contribution is 7.89. The number of rotatable bonds is 7. The molecule has 1 aliphatic rings. The van der Waals surface area contributed by atoms with E-state index in [1.165, 1.54) is 26.4 Å². The predicted octanol–water partition coefficient (Wildman–Crippen LogP) is 2.01. The number of nitrogens with one attached hydrogen (secondary N) is 1. The van der Waals surface area contributed by atoms with E-state index in [4.69, 9.17) is 18.9 Å². The van der Waals surface area contributed by atoms with Gasteiger partial charge in [0.2, 0.25) is 16.8 Å². The van der Waals surface area contributed by atoms with Crippen molar-refractivity contribution in [3.8, 4) is 17.2 Å². The maximum atomic E-state index is 12.8. The third kappa shape index (κ3) is 4.32. The van der Waals surface area contributed by atoms with E-state index in [0.29, 0.717) is 22.8 Å². The van der Waals surface area contributed by atoms with Crippen LogP contribution >= 0.6 is 0 Å². The highest BCUT2D eigenvalue weighted by atomic mass is 32.2. The smallest absolute Gasteiger partial charge is 0.307 e. The third-order valence-corrected chi connectivity index (χ3v) is 5.55. The Morgan fingerprint density at radius 3 is 2.48 bits per heavy atom. The largest absolute Gasteiger partial charge is 0.497 e. The van der Waals surface area contributed by atoms with Crippen molar-refractivity contribution in [1.29, 1.82) is 0 Å².